The zero-order chi connectivity index (χ0) is 13.8. The largest absolute Gasteiger partial charge is 0.396 e. The highest BCUT2D eigenvalue weighted by atomic mass is 16.5. The summed E-state index contributed by atoms with van der Waals surface area (Å²) in [6.07, 6.45) is 14.7. The summed E-state index contributed by atoms with van der Waals surface area (Å²) in [5.41, 5.74) is 0.255. The Balaban J connectivity index is 1.50. The second kappa shape index (κ2) is 6.76. The zero-order valence-electron chi connectivity index (χ0n) is 12.9. The third-order valence-corrected chi connectivity index (χ3v) is 5.74. The van der Waals surface area contributed by atoms with E-state index in [1.165, 1.54) is 64.2 Å². The molecule has 2 saturated carbocycles. The standard InChI is InChI=1S/C17H31NO2/c19-13-5-12-18(15-6-4-7-15)14-16-8-11-17(20-16)9-2-1-3-10-17/h15-16,19H,1-14H2. The van der Waals surface area contributed by atoms with E-state index in [9.17, 15) is 0 Å². The molecule has 2 aliphatic carbocycles. The fraction of sp³-hybridized carbons (Fsp3) is 1.00. The molecule has 1 atom stereocenters. The van der Waals surface area contributed by atoms with Crippen LogP contribution in [0.5, 0.6) is 0 Å². The van der Waals surface area contributed by atoms with Gasteiger partial charge in [-0.2, -0.15) is 0 Å². The highest BCUT2D eigenvalue weighted by Gasteiger charge is 2.41. The van der Waals surface area contributed by atoms with Crippen LogP contribution in [-0.4, -0.2) is 47.4 Å². The average molecular weight is 281 g/mol. The van der Waals surface area contributed by atoms with Crippen LogP contribution in [0.25, 0.3) is 0 Å². The van der Waals surface area contributed by atoms with Crippen molar-refractivity contribution in [3.05, 3.63) is 0 Å². The predicted octanol–water partition coefficient (Wildman–Crippen LogP) is 3.11. The first-order valence-corrected chi connectivity index (χ1v) is 8.84. The second-order valence-electron chi connectivity index (χ2n) is 7.18. The van der Waals surface area contributed by atoms with Gasteiger partial charge in [0.1, 0.15) is 0 Å². The van der Waals surface area contributed by atoms with Crippen molar-refractivity contribution in [3.63, 3.8) is 0 Å². The average Bonchev–Trinajstić information content (AvgIpc) is 2.77. The van der Waals surface area contributed by atoms with Gasteiger partial charge in [-0.25, -0.2) is 0 Å². The van der Waals surface area contributed by atoms with E-state index in [1.807, 2.05) is 0 Å². The van der Waals surface area contributed by atoms with Crippen molar-refractivity contribution in [2.24, 2.45) is 0 Å². The molecule has 3 aliphatic rings. The highest BCUT2D eigenvalue weighted by molar-refractivity contribution is 4.93. The van der Waals surface area contributed by atoms with Gasteiger partial charge in [0.25, 0.3) is 0 Å². The number of aliphatic hydroxyl groups excluding tert-OH is 1. The third-order valence-electron chi connectivity index (χ3n) is 5.74. The van der Waals surface area contributed by atoms with Crippen molar-refractivity contribution < 1.29 is 9.84 Å². The van der Waals surface area contributed by atoms with Crippen molar-refractivity contribution in [2.75, 3.05) is 19.7 Å². The van der Waals surface area contributed by atoms with Gasteiger partial charge in [0.15, 0.2) is 0 Å². The van der Waals surface area contributed by atoms with Gasteiger partial charge in [0, 0.05) is 25.7 Å². The van der Waals surface area contributed by atoms with Crippen molar-refractivity contribution in [1.29, 1.82) is 0 Å². The summed E-state index contributed by atoms with van der Waals surface area (Å²) in [4.78, 5) is 2.60. The molecule has 3 nitrogen and oxygen atoms in total. The predicted molar refractivity (Wildman–Crippen MR) is 80.8 cm³/mol. The summed E-state index contributed by atoms with van der Waals surface area (Å²) in [7, 11) is 0. The molecule has 3 rings (SSSR count). The van der Waals surface area contributed by atoms with Crippen molar-refractivity contribution in [3.8, 4) is 0 Å². The summed E-state index contributed by atoms with van der Waals surface area (Å²) >= 11 is 0. The molecular formula is C17H31NO2. The number of nitrogens with zero attached hydrogens (tertiary/aromatic N) is 1. The molecular weight excluding hydrogens is 250 g/mol. The van der Waals surface area contributed by atoms with E-state index in [0.29, 0.717) is 12.7 Å². The number of ether oxygens (including phenoxy) is 1. The third kappa shape index (κ3) is 3.37. The van der Waals surface area contributed by atoms with Crippen molar-refractivity contribution in [1.82, 2.24) is 4.90 Å². The number of hydrogen-bond donors (Lipinski definition) is 1. The Bertz CT molecular complexity index is 297. The van der Waals surface area contributed by atoms with E-state index in [0.717, 1.165) is 25.6 Å². The van der Waals surface area contributed by atoms with Gasteiger partial charge in [-0.15, -0.1) is 0 Å². The van der Waals surface area contributed by atoms with Crippen LogP contribution < -0.4 is 0 Å². The first-order valence-electron chi connectivity index (χ1n) is 8.84. The van der Waals surface area contributed by atoms with E-state index in [1.54, 1.807) is 0 Å². The Morgan fingerprint density at radius 2 is 1.80 bits per heavy atom. The summed E-state index contributed by atoms with van der Waals surface area (Å²) < 4.78 is 6.51. The van der Waals surface area contributed by atoms with E-state index in [-0.39, 0.29) is 5.60 Å². The first-order chi connectivity index (χ1) is 9.81. The van der Waals surface area contributed by atoms with Crippen LogP contribution in [0.2, 0.25) is 0 Å². The van der Waals surface area contributed by atoms with Gasteiger partial charge in [0.05, 0.1) is 11.7 Å². The molecule has 1 N–H and O–H groups in total. The molecule has 1 spiro atoms. The van der Waals surface area contributed by atoms with Gasteiger partial charge in [0.2, 0.25) is 0 Å². The van der Waals surface area contributed by atoms with Crippen LogP contribution in [-0.2, 0) is 4.74 Å². The lowest BCUT2D eigenvalue weighted by Crippen LogP contribution is -2.45. The van der Waals surface area contributed by atoms with E-state index >= 15 is 0 Å². The molecule has 116 valence electrons. The lowest BCUT2D eigenvalue weighted by Gasteiger charge is -2.39. The molecule has 1 aliphatic heterocycles. The Labute approximate surface area is 123 Å². The summed E-state index contributed by atoms with van der Waals surface area (Å²) in [5, 5.41) is 9.09. The molecule has 1 heterocycles. The summed E-state index contributed by atoms with van der Waals surface area (Å²) in [6, 6.07) is 0.771. The maximum atomic E-state index is 9.09. The van der Waals surface area contributed by atoms with Crippen LogP contribution in [0.1, 0.15) is 70.6 Å². The van der Waals surface area contributed by atoms with E-state index < -0.39 is 0 Å². The van der Waals surface area contributed by atoms with Crippen LogP contribution in [0.4, 0.5) is 0 Å². The maximum Gasteiger partial charge on any atom is 0.0710 e. The molecule has 0 amide bonds. The van der Waals surface area contributed by atoms with Gasteiger partial charge >= 0.3 is 0 Å². The smallest absolute Gasteiger partial charge is 0.0710 e. The molecule has 20 heavy (non-hydrogen) atoms. The Morgan fingerprint density at radius 1 is 1.00 bits per heavy atom. The molecule has 0 bridgehead atoms. The minimum atomic E-state index is 0.255. The molecule has 0 radical (unpaired) electrons. The Kier molecular flexibility index (Phi) is 5.00. The molecule has 3 fully saturated rings. The van der Waals surface area contributed by atoms with Crippen LogP contribution in [0.15, 0.2) is 0 Å². The van der Waals surface area contributed by atoms with E-state index in [4.69, 9.17) is 9.84 Å². The molecule has 0 aromatic rings. The monoisotopic (exact) mass is 281 g/mol. The van der Waals surface area contributed by atoms with Crippen molar-refractivity contribution in [2.45, 2.75) is 88.4 Å². The van der Waals surface area contributed by atoms with E-state index in [2.05, 4.69) is 4.90 Å². The lowest BCUT2D eigenvalue weighted by atomic mass is 9.83. The number of hydrogen-bond acceptors (Lipinski definition) is 3. The highest BCUT2D eigenvalue weighted by Crippen LogP contribution is 2.42. The van der Waals surface area contributed by atoms with Gasteiger partial charge in [-0.1, -0.05) is 25.7 Å². The van der Waals surface area contributed by atoms with Crippen molar-refractivity contribution >= 4 is 0 Å². The minimum absolute atomic E-state index is 0.255. The molecule has 1 unspecified atom stereocenters. The maximum absolute atomic E-state index is 9.09. The minimum Gasteiger partial charge on any atom is -0.396 e. The quantitative estimate of drug-likeness (QED) is 0.812. The zero-order valence-corrected chi connectivity index (χ0v) is 12.9. The topological polar surface area (TPSA) is 32.7 Å². The van der Waals surface area contributed by atoms with Crippen LogP contribution in [0, 0.1) is 0 Å². The Hall–Kier alpha value is -0.120. The molecule has 1 saturated heterocycles. The fourth-order valence-electron chi connectivity index (χ4n) is 4.30. The lowest BCUT2D eigenvalue weighted by molar-refractivity contribution is -0.0777. The molecule has 0 aromatic heterocycles. The summed E-state index contributed by atoms with van der Waals surface area (Å²) in [6.45, 7) is 2.47. The number of rotatable bonds is 6. The van der Waals surface area contributed by atoms with Crippen LogP contribution in [0.3, 0.4) is 0 Å². The van der Waals surface area contributed by atoms with Gasteiger partial charge in [-0.3, -0.25) is 4.90 Å². The van der Waals surface area contributed by atoms with Gasteiger partial charge in [-0.05, 0) is 44.9 Å². The molecule has 3 heteroatoms. The van der Waals surface area contributed by atoms with Crippen LogP contribution >= 0.6 is 0 Å². The second-order valence-corrected chi connectivity index (χ2v) is 7.18. The number of aliphatic hydroxyl groups is 1. The molecule has 0 aromatic carbocycles. The Morgan fingerprint density at radius 3 is 2.45 bits per heavy atom. The fourth-order valence-corrected chi connectivity index (χ4v) is 4.30. The summed E-state index contributed by atoms with van der Waals surface area (Å²) in [5.74, 6) is 0. The van der Waals surface area contributed by atoms with Gasteiger partial charge < -0.3 is 9.84 Å². The SMILES string of the molecule is OCCCN(CC1CCC2(CCCCC2)O1)C1CCC1. The first kappa shape index (κ1) is 14.8. The normalized spacial score (nSPS) is 30.0.